The summed E-state index contributed by atoms with van der Waals surface area (Å²) in [6.45, 7) is 3.47. The third-order valence-electron chi connectivity index (χ3n) is 5.76. The summed E-state index contributed by atoms with van der Waals surface area (Å²) in [6, 6.07) is 17.8. The summed E-state index contributed by atoms with van der Waals surface area (Å²) >= 11 is 6.00. The predicted octanol–water partition coefficient (Wildman–Crippen LogP) is 3.41. The van der Waals surface area contributed by atoms with E-state index in [9.17, 15) is 8.42 Å². The van der Waals surface area contributed by atoms with E-state index in [0.29, 0.717) is 24.7 Å². The van der Waals surface area contributed by atoms with Gasteiger partial charge in [0.05, 0.1) is 6.33 Å². The van der Waals surface area contributed by atoms with Crippen LogP contribution in [-0.4, -0.2) is 40.9 Å². The van der Waals surface area contributed by atoms with Crippen LogP contribution in [0.25, 0.3) is 0 Å². The smallest absolute Gasteiger partial charge is 0.262 e. The van der Waals surface area contributed by atoms with E-state index >= 15 is 0 Å². The van der Waals surface area contributed by atoms with Crippen molar-refractivity contribution in [3.8, 4) is 0 Å². The molecule has 6 nitrogen and oxygen atoms in total. The van der Waals surface area contributed by atoms with E-state index in [4.69, 9.17) is 11.6 Å². The highest BCUT2D eigenvalue weighted by atomic mass is 35.5. The van der Waals surface area contributed by atoms with Crippen LogP contribution >= 0.6 is 11.6 Å². The Morgan fingerprint density at radius 2 is 1.87 bits per heavy atom. The number of rotatable bonds is 6. The summed E-state index contributed by atoms with van der Waals surface area (Å²) in [6.07, 6.45) is 3.05. The van der Waals surface area contributed by atoms with Gasteiger partial charge in [0.1, 0.15) is 0 Å². The first-order valence-electron chi connectivity index (χ1n) is 9.80. The molecule has 0 saturated carbocycles. The van der Waals surface area contributed by atoms with Crippen molar-refractivity contribution in [1.82, 2.24) is 19.2 Å². The Morgan fingerprint density at radius 1 is 1.17 bits per heavy atom. The fourth-order valence-corrected chi connectivity index (χ4v) is 5.68. The largest absolute Gasteiger partial charge is 0.339 e. The Morgan fingerprint density at radius 3 is 2.50 bits per heavy atom. The number of benzene rings is 2. The normalized spacial score (nSPS) is 22.4. The molecule has 0 bridgehead atoms. The van der Waals surface area contributed by atoms with Crippen LogP contribution in [-0.2, 0) is 23.6 Å². The zero-order chi connectivity index (χ0) is 21.4. The lowest BCUT2D eigenvalue weighted by molar-refractivity contribution is 0.336. The van der Waals surface area contributed by atoms with Crippen molar-refractivity contribution >= 4 is 21.6 Å². The molecular weight excluding hydrogens is 420 g/mol. The minimum atomic E-state index is -3.67. The van der Waals surface area contributed by atoms with Crippen LogP contribution in [0.5, 0.6) is 0 Å². The van der Waals surface area contributed by atoms with Crippen LogP contribution in [0.3, 0.4) is 0 Å². The van der Waals surface area contributed by atoms with Gasteiger partial charge in [-0.2, -0.15) is 4.31 Å². The fraction of sp³-hybridized carbons (Fsp3) is 0.318. The van der Waals surface area contributed by atoms with Gasteiger partial charge in [-0.25, -0.2) is 13.4 Å². The molecule has 1 saturated heterocycles. The molecule has 3 aromatic rings. The average Bonchev–Trinajstić information content (AvgIpc) is 3.33. The number of hydrogen-bond acceptors (Lipinski definition) is 4. The van der Waals surface area contributed by atoms with Gasteiger partial charge in [-0.1, -0.05) is 54.1 Å². The van der Waals surface area contributed by atoms with Crippen molar-refractivity contribution in [2.24, 2.45) is 7.05 Å². The number of sulfonamides is 1. The van der Waals surface area contributed by atoms with Crippen LogP contribution in [0, 0.1) is 0 Å². The van der Waals surface area contributed by atoms with Gasteiger partial charge >= 0.3 is 0 Å². The van der Waals surface area contributed by atoms with Crippen LogP contribution < -0.4 is 5.32 Å². The molecular formula is C22H25ClN4O2S. The van der Waals surface area contributed by atoms with Crippen molar-refractivity contribution < 1.29 is 8.42 Å². The van der Waals surface area contributed by atoms with E-state index in [0.717, 1.165) is 11.1 Å². The van der Waals surface area contributed by atoms with Crippen LogP contribution in [0.15, 0.2) is 72.1 Å². The molecule has 8 heteroatoms. The monoisotopic (exact) mass is 444 g/mol. The van der Waals surface area contributed by atoms with E-state index < -0.39 is 15.6 Å². The van der Waals surface area contributed by atoms with Gasteiger partial charge in [-0.05, 0) is 30.2 Å². The lowest BCUT2D eigenvalue weighted by atomic mass is 9.83. The van der Waals surface area contributed by atoms with Gasteiger partial charge in [-0.15, -0.1) is 0 Å². The number of halogens is 1. The Bertz CT molecular complexity index is 1120. The summed E-state index contributed by atoms with van der Waals surface area (Å²) in [5.41, 5.74) is 1.77. The SMILES string of the molecule is Cn1cnc(S(=O)(=O)N2C[C@H](c3ccccc3)[C@@](C)(NCc3ccc(Cl)cc3)C2)c1. The number of nitrogens with one attached hydrogen (secondary N) is 1. The van der Waals surface area contributed by atoms with E-state index in [1.54, 1.807) is 22.1 Å². The number of hydrogen-bond donors (Lipinski definition) is 1. The van der Waals surface area contributed by atoms with E-state index in [-0.39, 0.29) is 10.9 Å². The predicted molar refractivity (Wildman–Crippen MR) is 118 cm³/mol. The van der Waals surface area contributed by atoms with Crippen molar-refractivity contribution in [3.05, 3.63) is 83.3 Å². The summed E-state index contributed by atoms with van der Waals surface area (Å²) < 4.78 is 29.7. The zero-order valence-corrected chi connectivity index (χ0v) is 18.6. The lowest BCUT2D eigenvalue weighted by Gasteiger charge is -2.32. The first-order chi connectivity index (χ1) is 14.3. The first-order valence-corrected chi connectivity index (χ1v) is 11.6. The molecule has 1 aliphatic heterocycles. The molecule has 2 atom stereocenters. The standard InChI is InChI=1S/C22H25ClN4O2S/c1-22(25-12-17-8-10-19(23)11-9-17)15-27(13-20(22)18-6-4-3-5-7-18)30(28,29)21-14-26(2)16-24-21/h3-11,14,16,20,25H,12-13,15H2,1-2H3/t20-,22+/m1/s1. The Balaban J connectivity index is 1.63. The molecule has 1 aromatic heterocycles. The topological polar surface area (TPSA) is 67.2 Å². The third-order valence-corrected chi connectivity index (χ3v) is 7.71. The number of imidazole rings is 1. The lowest BCUT2D eigenvalue weighted by Crippen LogP contribution is -2.48. The average molecular weight is 445 g/mol. The van der Waals surface area contributed by atoms with E-state index in [2.05, 4.69) is 29.4 Å². The molecule has 30 heavy (non-hydrogen) atoms. The minimum Gasteiger partial charge on any atom is -0.339 e. The first kappa shape index (κ1) is 21.1. The summed E-state index contributed by atoms with van der Waals surface area (Å²) in [4.78, 5) is 4.08. The van der Waals surface area contributed by atoms with Crippen molar-refractivity contribution in [1.29, 1.82) is 0 Å². The fourth-order valence-electron chi connectivity index (χ4n) is 4.03. The summed E-state index contributed by atoms with van der Waals surface area (Å²) in [5.74, 6) is 0.00416. The van der Waals surface area contributed by atoms with Gasteiger partial charge in [0.2, 0.25) is 0 Å². The Hall–Kier alpha value is -2.19. The van der Waals surface area contributed by atoms with Crippen LogP contribution in [0.2, 0.25) is 5.02 Å². The van der Waals surface area contributed by atoms with Gasteiger partial charge in [0, 0.05) is 49.4 Å². The summed E-state index contributed by atoms with van der Waals surface area (Å²) in [7, 11) is -1.91. The van der Waals surface area contributed by atoms with Crippen LogP contribution in [0.4, 0.5) is 0 Å². The third kappa shape index (κ3) is 4.16. The van der Waals surface area contributed by atoms with Crippen LogP contribution in [0.1, 0.15) is 24.0 Å². The molecule has 2 heterocycles. The molecule has 2 aromatic carbocycles. The van der Waals surface area contributed by atoms with Crippen molar-refractivity contribution in [2.75, 3.05) is 13.1 Å². The molecule has 0 spiro atoms. The molecule has 1 N–H and O–H groups in total. The maximum atomic E-state index is 13.2. The molecule has 1 aliphatic rings. The molecule has 0 aliphatic carbocycles. The molecule has 4 rings (SSSR count). The maximum absolute atomic E-state index is 13.2. The highest BCUT2D eigenvalue weighted by Gasteiger charge is 2.48. The van der Waals surface area contributed by atoms with E-state index in [1.807, 2.05) is 42.5 Å². The van der Waals surface area contributed by atoms with Crippen molar-refractivity contribution in [3.63, 3.8) is 0 Å². The second-order valence-corrected chi connectivity index (χ2v) is 10.4. The number of aryl methyl sites for hydroxylation is 1. The highest BCUT2D eigenvalue weighted by Crippen LogP contribution is 2.38. The molecule has 0 radical (unpaired) electrons. The van der Waals surface area contributed by atoms with Crippen molar-refractivity contribution in [2.45, 2.75) is 30.0 Å². The molecule has 0 unspecified atom stereocenters. The second-order valence-electron chi connectivity index (χ2n) is 8.04. The van der Waals surface area contributed by atoms with E-state index in [1.165, 1.54) is 6.33 Å². The van der Waals surface area contributed by atoms with Gasteiger partial charge < -0.3 is 9.88 Å². The molecule has 1 fully saturated rings. The Labute approximate surface area is 182 Å². The summed E-state index contributed by atoms with van der Waals surface area (Å²) in [5, 5.41) is 4.40. The maximum Gasteiger partial charge on any atom is 0.262 e. The number of aromatic nitrogens is 2. The van der Waals surface area contributed by atoms with Gasteiger partial charge in [0.25, 0.3) is 10.0 Å². The zero-order valence-electron chi connectivity index (χ0n) is 17.0. The highest BCUT2D eigenvalue weighted by molar-refractivity contribution is 7.89. The number of nitrogens with zero attached hydrogens (tertiary/aromatic N) is 3. The van der Waals surface area contributed by atoms with Gasteiger partial charge in [-0.3, -0.25) is 0 Å². The second kappa shape index (κ2) is 8.15. The molecule has 158 valence electrons. The minimum absolute atomic E-state index is 0.00416. The molecule has 0 amide bonds. The van der Waals surface area contributed by atoms with Gasteiger partial charge in [0.15, 0.2) is 5.03 Å². The Kier molecular flexibility index (Phi) is 5.72. The quantitative estimate of drug-likeness (QED) is 0.632.